The summed E-state index contributed by atoms with van der Waals surface area (Å²) in [5.41, 5.74) is 2.94. The van der Waals surface area contributed by atoms with Crippen LogP contribution in [0.4, 0.5) is 0 Å². The zero-order valence-electron chi connectivity index (χ0n) is 16.6. The number of hydrogen-bond acceptors (Lipinski definition) is 7. The van der Waals surface area contributed by atoms with Crippen LogP contribution in [-0.4, -0.2) is 32.3 Å². The van der Waals surface area contributed by atoms with E-state index >= 15 is 0 Å². The number of hydrazone groups is 1. The molecule has 0 atom stereocenters. The fourth-order valence-corrected chi connectivity index (χ4v) is 3.55. The smallest absolute Gasteiger partial charge is 0.339 e. The average Bonchev–Trinajstić information content (AvgIpc) is 2.76. The van der Waals surface area contributed by atoms with Gasteiger partial charge in [-0.3, -0.25) is 4.79 Å². The van der Waals surface area contributed by atoms with Gasteiger partial charge in [-0.2, -0.15) is 13.5 Å². The minimum Gasteiger partial charge on any atom is -0.507 e. The van der Waals surface area contributed by atoms with Crippen LogP contribution >= 0.6 is 0 Å². The molecule has 8 nitrogen and oxygen atoms in total. The van der Waals surface area contributed by atoms with Gasteiger partial charge in [0.1, 0.15) is 10.6 Å². The van der Waals surface area contributed by atoms with Crippen molar-refractivity contribution < 1.29 is 27.2 Å². The van der Waals surface area contributed by atoms with Crippen molar-refractivity contribution in [2.24, 2.45) is 5.10 Å². The minimum atomic E-state index is -4.02. The molecule has 160 valence electrons. The molecule has 0 unspecified atom stereocenters. The minimum absolute atomic E-state index is 0.0231. The molecule has 0 aliphatic heterocycles. The van der Waals surface area contributed by atoms with Crippen molar-refractivity contribution in [2.75, 3.05) is 6.61 Å². The van der Waals surface area contributed by atoms with E-state index in [9.17, 15) is 18.3 Å². The van der Waals surface area contributed by atoms with Gasteiger partial charge in [-0.05, 0) is 55.0 Å². The predicted octanol–water partition coefficient (Wildman–Crippen LogP) is 3.32. The van der Waals surface area contributed by atoms with Crippen LogP contribution in [0.15, 0.2) is 82.8 Å². The fraction of sp³-hybridized carbons (Fsp3) is 0.0909. The maximum absolute atomic E-state index is 12.5. The van der Waals surface area contributed by atoms with E-state index in [1.807, 2.05) is 0 Å². The van der Waals surface area contributed by atoms with Crippen LogP contribution in [0.1, 0.15) is 22.8 Å². The third-order valence-electron chi connectivity index (χ3n) is 4.03. The summed E-state index contributed by atoms with van der Waals surface area (Å²) in [4.78, 5) is 12.1. The van der Waals surface area contributed by atoms with Crippen molar-refractivity contribution >= 4 is 22.2 Å². The molecule has 0 saturated carbocycles. The Morgan fingerprint density at radius 2 is 1.74 bits per heavy atom. The fourth-order valence-electron chi connectivity index (χ4n) is 2.59. The number of benzene rings is 3. The summed E-state index contributed by atoms with van der Waals surface area (Å²) < 4.78 is 35.7. The number of nitrogens with one attached hydrogen (secondary N) is 1. The normalized spacial score (nSPS) is 11.3. The Bertz CT molecular complexity index is 1190. The quantitative estimate of drug-likeness (QED) is 0.316. The van der Waals surface area contributed by atoms with E-state index in [1.165, 1.54) is 42.6 Å². The molecule has 0 radical (unpaired) electrons. The van der Waals surface area contributed by atoms with Crippen molar-refractivity contribution in [1.29, 1.82) is 0 Å². The van der Waals surface area contributed by atoms with E-state index in [2.05, 4.69) is 10.5 Å². The molecule has 0 saturated heterocycles. The Morgan fingerprint density at radius 3 is 2.45 bits per heavy atom. The Morgan fingerprint density at radius 1 is 1.03 bits per heavy atom. The number of carbonyl (C=O) groups excluding carboxylic acids is 1. The topological polar surface area (TPSA) is 114 Å². The highest BCUT2D eigenvalue weighted by Gasteiger charge is 2.19. The number of para-hydroxylation sites is 1. The molecule has 9 heteroatoms. The molecule has 0 heterocycles. The zero-order chi connectivity index (χ0) is 22.3. The van der Waals surface area contributed by atoms with Gasteiger partial charge >= 0.3 is 10.1 Å². The summed E-state index contributed by atoms with van der Waals surface area (Å²) >= 11 is 0. The van der Waals surface area contributed by atoms with Gasteiger partial charge < -0.3 is 14.0 Å². The summed E-state index contributed by atoms with van der Waals surface area (Å²) in [6.45, 7) is 2.04. The van der Waals surface area contributed by atoms with Gasteiger partial charge in [0.05, 0.1) is 18.4 Å². The van der Waals surface area contributed by atoms with Gasteiger partial charge in [0.2, 0.25) is 0 Å². The second-order valence-corrected chi connectivity index (χ2v) is 7.75. The van der Waals surface area contributed by atoms with E-state index < -0.39 is 16.0 Å². The van der Waals surface area contributed by atoms with Gasteiger partial charge in [0.25, 0.3) is 5.91 Å². The van der Waals surface area contributed by atoms with Crippen LogP contribution < -0.4 is 14.3 Å². The van der Waals surface area contributed by atoms with Crippen molar-refractivity contribution in [3.05, 3.63) is 83.9 Å². The highest BCUT2D eigenvalue weighted by molar-refractivity contribution is 7.87. The van der Waals surface area contributed by atoms with Gasteiger partial charge in [-0.25, -0.2) is 5.43 Å². The number of aromatic hydroxyl groups is 1. The van der Waals surface area contributed by atoms with Crippen LogP contribution in [0.25, 0.3) is 0 Å². The van der Waals surface area contributed by atoms with E-state index in [4.69, 9.17) is 8.92 Å². The lowest BCUT2D eigenvalue weighted by molar-refractivity contribution is 0.0952. The highest BCUT2D eigenvalue weighted by Crippen LogP contribution is 2.30. The molecule has 0 aliphatic carbocycles. The van der Waals surface area contributed by atoms with Crippen molar-refractivity contribution in [2.45, 2.75) is 11.8 Å². The van der Waals surface area contributed by atoms with Gasteiger partial charge in [-0.15, -0.1) is 0 Å². The van der Waals surface area contributed by atoms with Crippen LogP contribution in [0.2, 0.25) is 0 Å². The first-order valence-electron chi connectivity index (χ1n) is 9.28. The molecule has 0 fully saturated rings. The lowest BCUT2D eigenvalue weighted by Gasteiger charge is -2.12. The standard InChI is InChI=1S/C22H20N2O6S/c1-2-29-21-14-16(15-23-24-22(26)18-10-6-7-11-19(18)25)12-13-20(21)30-31(27,28)17-8-4-3-5-9-17/h3-15,25H,2H2,1H3,(H,24,26)/b23-15-. The summed E-state index contributed by atoms with van der Waals surface area (Å²) in [6.07, 6.45) is 1.36. The molecule has 3 aromatic carbocycles. The molecule has 0 aliphatic rings. The summed E-state index contributed by atoms with van der Waals surface area (Å²) in [5.74, 6) is -0.498. The average molecular weight is 440 g/mol. The lowest BCUT2D eigenvalue weighted by Crippen LogP contribution is -2.17. The number of rotatable bonds is 8. The van der Waals surface area contributed by atoms with Crippen LogP contribution in [0.3, 0.4) is 0 Å². The SMILES string of the molecule is CCOc1cc(/C=N\NC(=O)c2ccccc2O)ccc1OS(=O)(=O)c1ccccc1. The number of phenols is 1. The monoisotopic (exact) mass is 440 g/mol. The third-order valence-corrected chi connectivity index (χ3v) is 5.28. The molecule has 31 heavy (non-hydrogen) atoms. The molecule has 3 aromatic rings. The third kappa shape index (κ3) is 5.61. The zero-order valence-corrected chi connectivity index (χ0v) is 17.4. The maximum atomic E-state index is 12.5. The Hall–Kier alpha value is -3.85. The molecular formula is C22H20N2O6S. The summed E-state index contributed by atoms with van der Waals surface area (Å²) in [6, 6.07) is 18.4. The number of amides is 1. The summed E-state index contributed by atoms with van der Waals surface area (Å²) in [7, 11) is -4.02. The van der Waals surface area contributed by atoms with E-state index in [1.54, 1.807) is 43.3 Å². The molecule has 0 spiro atoms. The highest BCUT2D eigenvalue weighted by atomic mass is 32.2. The van der Waals surface area contributed by atoms with Crippen LogP contribution in [0, 0.1) is 0 Å². The number of hydrogen-bond donors (Lipinski definition) is 2. The first-order chi connectivity index (χ1) is 14.9. The van der Waals surface area contributed by atoms with Crippen molar-refractivity contribution in [3.8, 4) is 17.2 Å². The second-order valence-electron chi connectivity index (χ2n) is 6.21. The van der Waals surface area contributed by atoms with Crippen LogP contribution in [0.5, 0.6) is 17.2 Å². The summed E-state index contributed by atoms with van der Waals surface area (Å²) in [5, 5.41) is 13.6. The van der Waals surface area contributed by atoms with Crippen molar-refractivity contribution in [1.82, 2.24) is 5.43 Å². The van der Waals surface area contributed by atoms with E-state index in [-0.39, 0.29) is 34.3 Å². The Labute approximate surface area is 179 Å². The molecule has 2 N–H and O–H groups in total. The number of ether oxygens (including phenoxy) is 1. The van der Waals surface area contributed by atoms with E-state index in [0.29, 0.717) is 5.56 Å². The first-order valence-corrected chi connectivity index (χ1v) is 10.7. The molecular weight excluding hydrogens is 420 g/mol. The molecule has 0 bridgehead atoms. The number of carbonyl (C=O) groups is 1. The lowest BCUT2D eigenvalue weighted by atomic mass is 10.2. The van der Waals surface area contributed by atoms with E-state index in [0.717, 1.165) is 0 Å². The second kappa shape index (κ2) is 9.77. The molecule has 3 rings (SSSR count). The van der Waals surface area contributed by atoms with Crippen LogP contribution in [-0.2, 0) is 10.1 Å². The molecule has 0 aromatic heterocycles. The molecule has 1 amide bonds. The van der Waals surface area contributed by atoms with Crippen molar-refractivity contribution in [3.63, 3.8) is 0 Å². The Balaban J connectivity index is 1.76. The number of phenolic OH excluding ortho intramolecular Hbond substituents is 1. The van der Waals surface area contributed by atoms with Gasteiger partial charge in [0, 0.05) is 0 Å². The predicted molar refractivity (Wildman–Crippen MR) is 115 cm³/mol. The number of nitrogens with zero attached hydrogens (tertiary/aromatic N) is 1. The van der Waals surface area contributed by atoms with Gasteiger partial charge in [-0.1, -0.05) is 30.3 Å². The first kappa shape index (κ1) is 21.8. The Kier molecular flexibility index (Phi) is 6.88. The maximum Gasteiger partial charge on any atom is 0.339 e. The largest absolute Gasteiger partial charge is 0.507 e. The van der Waals surface area contributed by atoms with Gasteiger partial charge in [0.15, 0.2) is 11.5 Å².